The zero-order chi connectivity index (χ0) is 24.6. The Kier molecular flexibility index (Phi) is 32.5. The van der Waals surface area contributed by atoms with Gasteiger partial charge in [-0.25, -0.2) is 0 Å². The lowest BCUT2D eigenvalue weighted by Gasteiger charge is -2.04. The molecule has 0 fully saturated rings. The molecule has 0 radical (unpaired) electrons. The van der Waals surface area contributed by atoms with Crippen molar-refractivity contribution in [3.63, 3.8) is 0 Å². The standard InChI is InChI=1S/C34H68/c1-3-5-7-9-11-13-15-17-19-21-23-25-27-29-31-33-34-32-30-28-26-24-22-20-18-16-14-12-10-8-6-4-2/h17,19H,3-16,18,20-34H2,1-2H3. The van der Waals surface area contributed by atoms with Crippen LogP contribution in [0, 0.1) is 0 Å². The van der Waals surface area contributed by atoms with E-state index in [9.17, 15) is 0 Å². The molecule has 0 aromatic rings. The number of hydrogen-bond acceptors (Lipinski definition) is 0. The molecular weight excluding hydrogens is 408 g/mol. The Labute approximate surface area is 218 Å². The molecule has 0 aromatic heterocycles. The van der Waals surface area contributed by atoms with E-state index in [0.717, 1.165) is 0 Å². The van der Waals surface area contributed by atoms with Crippen LogP contribution in [-0.4, -0.2) is 0 Å². The quantitative estimate of drug-likeness (QED) is 0.0714. The minimum atomic E-state index is 1.31. The molecule has 0 aromatic carbocycles. The van der Waals surface area contributed by atoms with Gasteiger partial charge in [0.1, 0.15) is 0 Å². The van der Waals surface area contributed by atoms with Gasteiger partial charge in [-0.15, -0.1) is 0 Å². The third-order valence-electron chi connectivity index (χ3n) is 7.62. The monoisotopic (exact) mass is 477 g/mol. The van der Waals surface area contributed by atoms with Crippen molar-refractivity contribution < 1.29 is 0 Å². The molecular formula is C34H68. The molecule has 0 nitrogen and oxygen atoms in total. The molecule has 0 aliphatic rings. The van der Waals surface area contributed by atoms with Crippen molar-refractivity contribution >= 4 is 0 Å². The van der Waals surface area contributed by atoms with Gasteiger partial charge in [-0.05, 0) is 25.7 Å². The van der Waals surface area contributed by atoms with E-state index in [1.54, 1.807) is 0 Å². The summed E-state index contributed by atoms with van der Waals surface area (Å²) in [5.74, 6) is 0. The van der Waals surface area contributed by atoms with Crippen LogP contribution < -0.4 is 0 Å². The van der Waals surface area contributed by atoms with Gasteiger partial charge in [-0.3, -0.25) is 0 Å². The van der Waals surface area contributed by atoms with E-state index >= 15 is 0 Å². The van der Waals surface area contributed by atoms with Crippen LogP contribution in [0.2, 0.25) is 0 Å². The molecule has 0 saturated heterocycles. The predicted octanol–water partition coefficient (Wildman–Crippen LogP) is 13.3. The molecule has 0 aliphatic carbocycles. The highest BCUT2D eigenvalue weighted by molar-refractivity contribution is 4.81. The first-order valence-electron chi connectivity index (χ1n) is 16.6. The van der Waals surface area contributed by atoms with Gasteiger partial charge in [0, 0.05) is 0 Å². The summed E-state index contributed by atoms with van der Waals surface area (Å²) < 4.78 is 0. The Balaban J connectivity index is 3.04. The zero-order valence-electron chi connectivity index (χ0n) is 24.4. The number of rotatable bonds is 30. The van der Waals surface area contributed by atoms with Gasteiger partial charge in [0.25, 0.3) is 0 Å². The fourth-order valence-corrected chi connectivity index (χ4v) is 5.15. The normalized spacial score (nSPS) is 11.7. The highest BCUT2D eigenvalue weighted by Crippen LogP contribution is 2.15. The fourth-order valence-electron chi connectivity index (χ4n) is 5.15. The summed E-state index contributed by atoms with van der Waals surface area (Å²) in [6.07, 6.45) is 48.4. The molecule has 0 atom stereocenters. The van der Waals surface area contributed by atoms with E-state index in [1.807, 2.05) is 0 Å². The molecule has 34 heavy (non-hydrogen) atoms. The molecule has 0 bridgehead atoms. The van der Waals surface area contributed by atoms with E-state index < -0.39 is 0 Å². The first-order chi connectivity index (χ1) is 16.9. The first kappa shape index (κ1) is 33.7. The van der Waals surface area contributed by atoms with Crippen molar-refractivity contribution in [3.05, 3.63) is 12.2 Å². The number of hydrogen-bond donors (Lipinski definition) is 0. The molecule has 0 spiro atoms. The van der Waals surface area contributed by atoms with Crippen molar-refractivity contribution in [2.45, 2.75) is 206 Å². The van der Waals surface area contributed by atoms with Crippen LogP contribution in [0.25, 0.3) is 0 Å². The maximum absolute atomic E-state index is 2.45. The summed E-state index contributed by atoms with van der Waals surface area (Å²) in [5.41, 5.74) is 0. The number of allylic oxidation sites excluding steroid dienone is 2. The van der Waals surface area contributed by atoms with Crippen LogP contribution in [0.5, 0.6) is 0 Å². The molecule has 0 amide bonds. The maximum Gasteiger partial charge on any atom is -0.0351 e. The van der Waals surface area contributed by atoms with E-state index in [1.165, 1.54) is 193 Å². The third-order valence-corrected chi connectivity index (χ3v) is 7.62. The van der Waals surface area contributed by atoms with E-state index in [-0.39, 0.29) is 0 Å². The molecule has 0 heteroatoms. The Hall–Kier alpha value is -0.260. The van der Waals surface area contributed by atoms with Crippen molar-refractivity contribution in [2.24, 2.45) is 0 Å². The van der Waals surface area contributed by atoms with Gasteiger partial charge in [-0.2, -0.15) is 0 Å². The maximum atomic E-state index is 2.45. The third kappa shape index (κ3) is 31.7. The van der Waals surface area contributed by atoms with Gasteiger partial charge in [0.15, 0.2) is 0 Å². The summed E-state index contributed by atoms with van der Waals surface area (Å²) in [5, 5.41) is 0. The summed E-state index contributed by atoms with van der Waals surface area (Å²) in [6.45, 7) is 4.60. The smallest absolute Gasteiger partial charge is 0.0351 e. The summed E-state index contributed by atoms with van der Waals surface area (Å²) in [7, 11) is 0. The van der Waals surface area contributed by atoms with Crippen molar-refractivity contribution in [1.29, 1.82) is 0 Å². The summed E-state index contributed by atoms with van der Waals surface area (Å²) in [6, 6.07) is 0. The Morgan fingerprint density at radius 3 is 0.618 bits per heavy atom. The molecule has 204 valence electrons. The first-order valence-corrected chi connectivity index (χ1v) is 16.6. The largest absolute Gasteiger partial charge is 0.0885 e. The average Bonchev–Trinajstić information content (AvgIpc) is 2.85. The van der Waals surface area contributed by atoms with Crippen LogP contribution in [0.1, 0.15) is 206 Å². The van der Waals surface area contributed by atoms with E-state index in [0.29, 0.717) is 0 Å². The number of unbranched alkanes of at least 4 members (excludes halogenated alkanes) is 28. The van der Waals surface area contributed by atoms with Crippen LogP contribution in [0.3, 0.4) is 0 Å². The summed E-state index contributed by atoms with van der Waals surface area (Å²) in [4.78, 5) is 0. The van der Waals surface area contributed by atoms with Gasteiger partial charge in [0.2, 0.25) is 0 Å². The van der Waals surface area contributed by atoms with Gasteiger partial charge in [0.05, 0.1) is 0 Å². The zero-order valence-corrected chi connectivity index (χ0v) is 24.4. The van der Waals surface area contributed by atoms with Crippen LogP contribution in [0.4, 0.5) is 0 Å². The van der Waals surface area contributed by atoms with Crippen LogP contribution in [-0.2, 0) is 0 Å². The molecule has 0 saturated carbocycles. The molecule has 0 aliphatic heterocycles. The second-order valence-corrected chi connectivity index (χ2v) is 11.2. The molecule has 0 N–H and O–H groups in total. The molecule has 0 unspecified atom stereocenters. The van der Waals surface area contributed by atoms with Crippen molar-refractivity contribution in [2.75, 3.05) is 0 Å². The summed E-state index contributed by atoms with van der Waals surface area (Å²) >= 11 is 0. The van der Waals surface area contributed by atoms with Crippen molar-refractivity contribution in [3.8, 4) is 0 Å². The SMILES string of the molecule is CCCCCCCCC=CCCCCCCCCCCCCCCCCCCCCCCCC. The molecule has 0 heterocycles. The average molecular weight is 477 g/mol. The highest BCUT2D eigenvalue weighted by atomic mass is 14.0. The van der Waals surface area contributed by atoms with Crippen molar-refractivity contribution in [1.82, 2.24) is 0 Å². The minimum absolute atomic E-state index is 1.31. The topological polar surface area (TPSA) is 0 Å². The van der Waals surface area contributed by atoms with Gasteiger partial charge < -0.3 is 0 Å². The second-order valence-electron chi connectivity index (χ2n) is 11.2. The van der Waals surface area contributed by atoms with Gasteiger partial charge in [-0.1, -0.05) is 193 Å². The van der Waals surface area contributed by atoms with Crippen LogP contribution >= 0.6 is 0 Å². The molecule has 0 rings (SSSR count). The lowest BCUT2D eigenvalue weighted by Crippen LogP contribution is -1.84. The van der Waals surface area contributed by atoms with Crippen LogP contribution in [0.15, 0.2) is 12.2 Å². The van der Waals surface area contributed by atoms with Gasteiger partial charge >= 0.3 is 0 Å². The highest BCUT2D eigenvalue weighted by Gasteiger charge is 1.96. The Morgan fingerprint density at radius 1 is 0.235 bits per heavy atom. The minimum Gasteiger partial charge on any atom is -0.0885 e. The lowest BCUT2D eigenvalue weighted by atomic mass is 10.0. The lowest BCUT2D eigenvalue weighted by molar-refractivity contribution is 0.519. The second kappa shape index (κ2) is 32.7. The predicted molar refractivity (Wildman–Crippen MR) is 159 cm³/mol. The Morgan fingerprint density at radius 2 is 0.412 bits per heavy atom. The fraction of sp³-hybridized carbons (Fsp3) is 0.941. The van der Waals surface area contributed by atoms with E-state index in [4.69, 9.17) is 0 Å². The Bertz CT molecular complexity index is 355. The van der Waals surface area contributed by atoms with E-state index in [2.05, 4.69) is 26.0 Å².